The molecule has 2 rings (SSSR count). The summed E-state index contributed by atoms with van der Waals surface area (Å²) in [5, 5.41) is 2.98. The number of para-hydroxylation sites is 1. The molecule has 1 amide bonds. The molecule has 3 heteroatoms. The van der Waals surface area contributed by atoms with Gasteiger partial charge in [-0.25, -0.2) is 0 Å². The molecule has 25 heavy (non-hydrogen) atoms. The number of aryl methyl sites for hydroxylation is 2. The Bertz CT molecular complexity index is 707. The summed E-state index contributed by atoms with van der Waals surface area (Å²) in [6.45, 7) is 9.11. The number of amides is 1. The zero-order valence-electron chi connectivity index (χ0n) is 15.8. The van der Waals surface area contributed by atoms with Gasteiger partial charge in [0.25, 0.3) is 5.91 Å². The molecule has 0 atom stereocenters. The minimum Gasteiger partial charge on any atom is -0.483 e. The predicted molar refractivity (Wildman–Crippen MR) is 103 cm³/mol. The third-order valence-electron chi connectivity index (χ3n) is 4.44. The van der Waals surface area contributed by atoms with Crippen LogP contribution in [0.3, 0.4) is 0 Å². The first-order chi connectivity index (χ1) is 12.0. The van der Waals surface area contributed by atoms with E-state index in [1.807, 2.05) is 24.3 Å². The number of rotatable bonds is 8. The standard InChI is InChI=1S/C22H29NO2/c1-5-17-11-12-18(6-2)19(13-17)14-23-22(24)15-25-21-10-8-7-9-20(21)16(3)4/h7-13,16H,5-6,14-15H2,1-4H3,(H,23,24). The van der Waals surface area contributed by atoms with E-state index in [1.165, 1.54) is 16.7 Å². The Kier molecular flexibility index (Phi) is 7.05. The van der Waals surface area contributed by atoms with E-state index in [-0.39, 0.29) is 12.5 Å². The van der Waals surface area contributed by atoms with Crippen molar-refractivity contribution in [2.45, 2.75) is 53.0 Å². The van der Waals surface area contributed by atoms with Crippen LogP contribution >= 0.6 is 0 Å². The van der Waals surface area contributed by atoms with Gasteiger partial charge in [0.2, 0.25) is 0 Å². The molecule has 0 spiro atoms. The van der Waals surface area contributed by atoms with Crippen molar-refractivity contribution >= 4 is 5.91 Å². The number of hydrogen-bond acceptors (Lipinski definition) is 2. The molecule has 1 N–H and O–H groups in total. The van der Waals surface area contributed by atoms with Crippen molar-refractivity contribution in [3.05, 3.63) is 64.7 Å². The lowest BCUT2D eigenvalue weighted by molar-refractivity contribution is -0.123. The van der Waals surface area contributed by atoms with Gasteiger partial charge in [-0.15, -0.1) is 0 Å². The predicted octanol–water partition coefficient (Wildman–Crippen LogP) is 4.63. The maximum atomic E-state index is 12.2. The molecule has 2 aromatic rings. The molecule has 2 aromatic carbocycles. The van der Waals surface area contributed by atoms with Gasteiger partial charge in [-0.05, 0) is 47.1 Å². The van der Waals surface area contributed by atoms with Gasteiger partial charge in [-0.1, -0.05) is 64.1 Å². The Hall–Kier alpha value is -2.29. The highest BCUT2D eigenvalue weighted by molar-refractivity contribution is 5.77. The van der Waals surface area contributed by atoms with Crippen LogP contribution in [0.1, 0.15) is 55.9 Å². The molecule has 0 aliphatic rings. The first-order valence-corrected chi connectivity index (χ1v) is 9.14. The van der Waals surface area contributed by atoms with E-state index in [9.17, 15) is 4.79 Å². The van der Waals surface area contributed by atoms with Gasteiger partial charge in [0.1, 0.15) is 5.75 Å². The van der Waals surface area contributed by atoms with E-state index in [4.69, 9.17) is 4.74 Å². The van der Waals surface area contributed by atoms with Crippen LogP contribution < -0.4 is 10.1 Å². The van der Waals surface area contributed by atoms with Crippen molar-refractivity contribution in [3.63, 3.8) is 0 Å². The third-order valence-corrected chi connectivity index (χ3v) is 4.44. The first-order valence-electron chi connectivity index (χ1n) is 9.14. The van der Waals surface area contributed by atoms with Gasteiger partial charge >= 0.3 is 0 Å². The van der Waals surface area contributed by atoms with Crippen LogP contribution in [0.25, 0.3) is 0 Å². The van der Waals surface area contributed by atoms with Gasteiger partial charge in [0.15, 0.2) is 6.61 Å². The summed E-state index contributed by atoms with van der Waals surface area (Å²) in [6, 6.07) is 14.4. The summed E-state index contributed by atoms with van der Waals surface area (Å²) >= 11 is 0. The molecule has 0 aromatic heterocycles. The second kappa shape index (κ2) is 9.26. The van der Waals surface area contributed by atoms with Crippen LogP contribution in [0.5, 0.6) is 5.75 Å². The Morgan fingerprint density at radius 3 is 2.48 bits per heavy atom. The minimum atomic E-state index is -0.0949. The number of carbonyl (C=O) groups is 1. The fourth-order valence-electron chi connectivity index (χ4n) is 2.89. The molecule has 3 nitrogen and oxygen atoms in total. The van der Waals surface area contributed by atoms with E-state index in [2.05, 4.69) is 51.2 Å². The lowest BCUT2D eigenvalue weighted by Gasteiger charge is -2.14. The SMILES string of the molecule is CCc1ccc(CC)c(CNC(=O)COc2ccccc2C(C)C)c1. The lowest BCUT2D eigenvalue weighted by Crippen LogP contribution is -2.29. The summed E-state index contributed by atoms with van der Waals surface area (Å²) < 4.78 is 5.74. The smallest absolute Gasteiger partial charge is 0.258 e. The third kappa shape index (κ3) is 5.35. The number of ether oxygens (including phenoxy) is 1. The molecule has 134 valence electrons. The van der Waals surface area contributed by atoms with Crippen molar-refractivity contribution in [1.29, 1.82) is 0 Å². The molecule has 0 unspecified atom stereocenters. The maximum Gasteiger partial charge on any atom is 0.258 e. The molecule has 0 saturated carbocycles. The van der Waals surface area contributed by atoms with Crippen LogP contribution in [-0.4, -0.2) is 12.5 Å². The average molecular weight is 339 g/mol. The van der Waals surface area contributed by atoms with E-state index < -0.39 is 0 Å². The molecule has 0 saturated heterocycles. The van der Waals surface area contributed by atoms with Crippen molar-refractivity contribution < 1.29 is 9.53 Å². The lowest BCUT2D eigenvalue weighted by atomic mass is 10.0. The maximum absolute atomic E-state index is 12.2. The summed E-state index contributed by atoms with van der Waals surface area (Å²) in [5.74, 6) is 1.06. The van der Waals surface area contributed by atoms with Gasteiger partial charge in [-0.2, -0.15) is 0 Å². The van der Waals surface area contributed by atoms with Crippen molar-refractivity contribution in [1.82, 2.24) is 5.32 Å². The largest absolute Gasteiger partial charge is 0.483 e. The summed E-state index contributed by atoms with van der Waals surface area (Å²) in [5.41, 5.74) is 4.89. The van der Waals surface area contributed by atoms with Gasteiger partial charge in [-0.3, -0.25) is 4.79 Å². The molecule has 0 heterocycles. The van der Waals surface area contributed by atoms with Gasteiger partial charge < -0.3 is 10.1 Å². The first kappa shape index (κ1) is 19.0. The van der Waals surface area contributed by atoms with Crippen LogP contribution in [0, 0.1) is 0 Å². The van der Waals surface area contributed by atoms with Gasteiger partial charge in [0, 0.05) is 6.54 Å². The molecule has 0 aliphatic heterocycles. The second-order valence-corrected chi connectivity index (χ2v) is 6.57. The molecule has 0 fully saturated rings. The van der Waals surface area contributed by atoms with Crippen molar-refractivity contribution in [2.75, 3.05) is 6.61 Å². The quantitative estimate of drug-likeness (QED) is 0.761. The van der Waals surface area contributed by atoms with E-state index in [0.29, 0.717) is 12.5 Å². The number of benzene rings is 2. The number of nitrogens with one attached hydrogen (secondary N) is 1. The molecular formula is C22H29NO2. The second-order valence-electron chi connectivity index (χ2n) is 6.57. The van der Waals surface area contributed by atoms with E-state index >= 15 is 0 Å². The Morgan fingerprint density at radius 2 is 1.80 bits per heavy atom. The summed E-state index contributed by atoms with van der Waals surface area (Å²) in [4.78, 5) is 12.2. The zero-order valence-corrected chi connectivity index (χ0v) is 15.8. The topological polar surface area (TPSA) is 38.3 Å². The zero-order chi connectivity index (χ0) is 18.2. The number of carbonyl (C=O) groups excluding carboxylic acids is 1. The molecule has 0 aliphatic carbocycles. The van der Waals surface area contributed by atoms with Crippen molar-refractivity contribution in [2.24, 2.45) is 0 Å². The van der Waals surface area contributed by atoms with Crippen molar-refractivity contribution in [3.8, 4) is 5.75 Å². The summed E-state index contributed by atoms with van der Waals surface area (Å²) in [7, 11) is 0. The normalized spacial score (nSPS) is 10.8. The van der Waals surface area contributed by atoms with Crippen LogP contribution in [0.2, 0.25) is 0 Å². The fraction of sp³-hybridized carbons (Fsp3) is 0.409. The highest BCUT2D eigenvalue weighted by atomic mass is 16.5. The average Bonchev–Trinajstić information content (AvgIpc) is 2.64. The highest BCUT2D eigenvalue weighted by Gasteiger charge is 2.10. The Balaban J connectivity index is 1.94. The van der Waals surface area contributed by atoms with Crippen LogP contribution in [0.4, 0.5) is 0 Å². The highest BCUT2D eigenvalue weighted by Crippen LogP contribution is 2.25. The molecule has 0 bridgehead atoms. The van der Waals surface area contributed by atoms with E-state index in [0.717, 1.165) is 24.2 Å². The monoisotopic (exact) mass is 339 g/mol. The minimum absolute atomic E-state index is 0.0403. The fourth-order valence-corrected chi connectivity index (χ4v) is 2.89. The van der Waals surface area contributed by atoms with E-state index in [1.54, 1.807) is 0 Å². The Labute approximate surface area is 151 Å². The molecule has 0 radical (unpaired) electrons. The number of hydrogen-bond donors (Lipinski definition) is 1. The van der Waals surface area contributed by atoms with Crippen LogP contribution in [0.15, 0.2) is 42.5 Å². The Morgan fingerprint density at radius 1 is 1.04 bits per heavy atom. The van der Waals surface area contributed by atoms with Crippen LogP contribution in [-0.2, 0) is 24.2 Å². The molecular weight excluding hydrogens is 310 g/mol. The summed E-state index contributed by atoms with van der Waals surface area (Å²) in [6.07, 6.45) is 1.97. The van der Waals surface area contributed by atoms with Gasteiger partial charge in [0.05, 0.1) is 0 Å².